The molecule has 0 amide bonds. The SMILES string of the molecule is COC(=O)C[N+](C)(C)CCON=C(c1c(-c2cc3cc(Cl)ccc3[nH]2)[nH]c2cc(Br)ccc12)C(F)(F)F. The predicted molar refractivity (Wildman–Crippen MR) is 141 cm³/mol. The van der Waals surface area contributed by atoms with Gasteiger partial charge in [0, 0.05) is 36.9 Å². The number of aromatic nitrogens is 2. The molecule has 12 heteroatoms. The molecule has 4 rings (SSSR count). The van der Waals surface area contributed by atoms with Crippen molar-refractivity contribution < 1.29 is 32.0 Å². The van der Waals surface area contributed by atoms with Gasteiger partial charge in [-0.1, -0.05) is 38.8 Å². The molecule has 2 aromatic carbocycles. The van der Waals surface area contributed by atoms with E-state index in [2.05, 4.69) is 35.8 Å². The number of halogens is 5. The number of fused-ring (bicyclic) bond motifs is 2. The summed E-state index contributed by atoms with van der Waals surface area (Å²) in [5.74, 6) is -0.432. The Balaban J connectivity index is 1.76. The van der Waals surface area contributed by atoms with Gasteiger partial charge in [0.15, 0.2) is 18.9 Å². The molecule has 0 spiro atoms. The lowest BCUT2D eigenvalue weighted by atomic mass is 10.0. The average molecular weight is 601 g/mol. The molecule has 0 bridgehead atoms. The van der Waals surface area contributed by atoms with Gasteiger partial charge in [0.1, 0.15) is 6.54 Å². The van der Waals surface area contributed by atoms with E-state index in [0.29, 0.717) is 26.1 Å². The lowest BCUT2D eigenvalue weighted by Gasteiger charge is -2.27. The molecule has 0 radical (unpaired) electrons. The van der Waals surface area contributed by atoms with Gasteiger partial charge >= 0.3 is 12.1 Å². The van der Waals surface area contributed by atoms with Crippen molar-refractivity contribution >= 4 is 61.0 Å². The van der Waals surface area contributed by atoms with Crippen LogP contribution in [0.15, 0.2) is 52.1 Å². The van der Waals surface area contributed by atoms with E-state index in [9.17, 15) is 18.0 Å². The number of rotatable bonds is 8. The fourth-order valence-electron chi connectivity index (χ4n) is 3.99. The smallest absolute Gasteiger partial charge is 0.437 e. The molecule has 0 saturated carbocycles. The van der Waals surface area contributed by atoms with Crippen molar-refractivity contribution in [3.63, 3.8) is 0 Å². The topological polar surface area (TPSA) is 79.5 Å². The van der Waals surface area contributed by atoms with E-state index in [1.54, 1.807) is 56.6 Å². The second-order valence-corrected chi connectivity index (χ2v) is 10.5. The Morgan fingerprint density at radius 3 is 2.57 bits per heavy atom. The molecule has 7 nitrogen and oxygen atoms in total. The van der Waals surface area contributed by atoms with Crippen LogP contribution in [0.5, 0.6) is 0 Å². The van der Waals surface area contributed by atoms with Gasteiger partial charge in [-0.05, 0) is 36.4 Å². The number of benzene rings is 2. The highest BCUT2D eigenvalue weighted by Gasteiger charge is 2.41. The Labute approximate surface area is 223 Å². The first-order valence-electron chi connectivity index (χ1n) is 11.1. The minimum absolute atomic E-state index is 0.0432. The van der Waals surface area contributed by atoms with Crippen LogP contribution >= 0.6 is 27.5 Å². The van der Waals surface area contributed by atoms with Crippen molar-refractivity contribution in [2.75, 3.05) is 40.9 Å². The van der Waals surface area contributed by atoms with Gasteiger partial charge in [0.25, 0.3) is 0 Å². The predicted octanol–water partition coefficient (Wildman–Crippen LogP) is 6.26. The Morgan fingerprint density at radius 2 is 1.86 bits per heavy atom. The summed E-state index contributed by atoms with van der Waals surface area (Å²) in [6.07, 6.45) is -4.82. The number of H-pyrrole nitrogens is 2. The summed E-state index contributed by atoms with van der Waals surface area (Å²) in [4.78, 5) is 23.0. The summed E-state index contributed by atoms with van der Waals surface area (Å²) in [5.41, 5.74) is 0.540. The van der Waals surface area contributed by atoms with Crippen LogP contribution in [-0.4, -0.2) is 73.2 Å². The maximum absolute atomic E-state index is 14.4. The quantitative estimate of drug-likeness (QED) is 0.0823. The van der Waals surface area contributed by atoms with Crippen LogP contribution in [-0.2, 0) is 14.4 Å². The number of hydrogen-bond acceptors (Lipinski definition) is 4. The lowest BCUT2D eigenvalue weighted by molar-refractivity contribution is -0.883. The van der Waals surface area contributed by atoms with E-state index in [4.69, 9.17) is 16.4 Å². The highest BCUT2D eigenvalue weighted by atomic mass is 79.9. The highest BCUT2D eigenvalue weighted by Crippen LogP contribution is 2.37. The van der Waals surface area contributed by atoms with Gasteiger partial charge in [-0.15, -0.1) is 0 Å². The molecule has 0 fully saturated rings. The second-order valence-electron chi connectivity index (χ2n) is 9.14. The highest BCUT2D eigenvalue weighted by molar-refractivity contribution is 9.10. The Morgan fingerprint density at radius 1 is 1.11 bits per heavy atom. The van der Waals surface area contributed by atoms with E-state index in [1.807, 2.05) is 0 Å². The minimum atomic E-state index is -4.82. The molecule has 0 aliphatic heterocycles. The van der Waals surface area contributed by atoms with Crippen molar-refractivity contribution in [1.82, 2.24) is 9.97 Å². The van der Waals surface area contributed by atoms with Crippen LogP contribution in [0.3, 0.4) is 0 Å². The number of alkyl halides is 3. The van der Waals surface area contributed by atoms with Crippen LogP contribution in [0.4, 0.5) is 13.2 Å². The van der Waals surface area contributed by atoms with Crippen molar-refractivity contribution in [3.8, 4) is 11.4 Å². The zero-order chi connectivity index (χ0) is 27.0. The first-order chi connectivity index (χ1) is 17.4. The average Bonchev–Trinajstić information content (AvgIpc) is 3.38. The van der Waals surface area contributed by atoms with Crippen LogP contribution in [0.25, 0.3) is 33.2 Å². The number of quaternary nitrogens is 1. The van der Waals surface area contributed by atoms with E-state index < -0.39 is 17.9 Å². The lowest BCUT2D eigenvalue weighted by Crippen LogP contribution is -2.46. The Kier molecular flexibility index (Phi) is 7.59. The molecule has 37 heavy (non-hydrogen) atoms. The molecular weight excluding hydrogens is 577 g/mol. The first-order valence-corrected chi connectivity index (χ1v) is 12.3. The second kappa shape index (κ2) is 10.4. The third-order valence-electron chi connectivity index (χ3n) is 5.85. The van der Waals surface area contributed by atoms with Gasteiger partial charge in [0.2, 0.25) is 0 Å². The molecule has 0 saturated heterocycles. The normalized spacial score (nSPS) is 12.9. The first kappa shape index (κ1) is 27.0. The number of nitrogens with zero attached hydrogens (tertiary/aromatic N) is 2. The number of nitrogens with one attached hydrogen (secondary N) is 2. The summed E-state index contributed by atoms with van der Waals surface area (Å²) in [6, 6.07) is 11.9. The van der Waals surface area contributed by atoms with Crippen molar-refractivity contribution in [3.05, 3.63) is 57.5 Å². The number of likely N-dealkylation sites (N-methyl/N-ethyl adjacent to an activating group) is 1. The molecule has 196 valence electrons. The Hall–Kier alpha value is -3.02. The largest absolute Gasteiger partial charge is 0.465 e. The molecule has 0 aliphatic carbocycles. The molecule has 2 N–H and O–H groups in total. The number of methoxy groups -OCH3 is 1. The van der Waals surface area contributed by atoms with Crippen molar-refractivity contribution in [2.24, 2.45) is 5.16 Å². The summed E-state index contributed by atoms with van der Waals surface area (Å²) in [7, 11) is 4.76. The molecule has 2 heterocycles. The van der Waals surface area contributed by atoms with Crippen LogP contribution in [0.2, 0.25) is 5.02 Å². The maximum Gasteiger partial charge on any atom is 0.437 e. The van der Waals surface area contributed by atoms with E-state index in [-0.39, 0.29) is 35.4 Å². The minimum Gasteiger partial charge on any atom is -0.465 e. The number of aromatic amines is 2. The number of ether oxygens (including phenoxy) is 1. The van der Waals surface area contributed by atoms with Crippen LogP contribution < -0.4 is 0 Å². The summed E-state index contributed by atoms with van der Waals surface area (Å²) < 4.78 is 48.7. The van der Waals surface area contributed by atoms with Gasteiger partial charge in [0.05, 0.1) is 32.6 Å². The van der Waals surface area contributed by atoms with E-state index in [1.165, 1.54) is 7.11 Å². The summed E-state index contributed by atoms with van der Waals surface area (Å²) >= 11 is 9.47. The number of carbonyl (C=O) groups is 1. The van der Waals surface area contributed by atoms with Crippen molar-refractivity contribution in [2.45, 2.75) is 6.18 Å². The third kappa shape index (κ3) is 6.11. The molecule has 0 atom stereocenters. The monoisotopic (exact) mass is 599 g/mol. The van der Waals surface area contributed by atoms with Gasteiger partial charge in [-0.3, -0.25) is 0 Å². The maximum atomic E-state index is 14.4. The molecular formula is C25H24BrClF3N4O3+. The van der Waals surface area contributed by atoms with E-state index in [0.717, 1.165) is 10.9 Å². The fraction of sp³-hybridized carbons (Fsp3) is 0.280. The summed E-state index contributed by atoms with van der Waals surface area (Å²) in [5, 5.41) is 5.16. The zero-order valence-electron chi connectivity index (χ0n) is 20.2. The van der Waals surface area contributed by atoms with Crippen LogP contribution in [0, 0.1) is 0 Å². The number of hydrogen-bond donors (Lipinski definition) is 2. The fourth-order valence-corrected chi connectivity index (χ4v) is 4.53. The van der Waals surface area contributed by atoms with Gasteiger partial charge < -0.3 is 24.0 Å². The molecule has 2 aromatic heterocycles. The standard InChI is InChI=1S/C25H24BrClF3N4O3/c1-34(2,13-21(35)36-3)8-9-37-33-24(25(28,29)30)22-17-6-4-15(26)12-19(17)32-23(22)20-11-14-10-16(27)5-7-18(14)31-20/h4-7,10-12,31-32H,8-9,13H2,1-3H3/q+1. The third-order valence-corrected chi connectivity index (χ3v) is 6.57. The number of esters is 1. The molecule has 0 unspecified atom stereocenters. The number of oxime groups is 1. The zero-order valence-corrected chi connectivity index (χ0v) is 22.5. The van der Waals surface area contributed by atoms with E-state index >= 15 is 0 Å². The Bertz CT molecular complexity index is 1490. The van der Waals surface area contributed by atoms with Crippen molar-refractivity contribution in [1.29, 1.82) is 0 Å². The molecule has 4 aromatic rings. The number of carbonyl (C=O) groups excluding carboxylic acids is 1. The van der Waals surface area contributed by atoms with Gasteiger partial charge in [-0.2, -0.15) is 13.2 Å². The molecule has 0 aliphatic rings. The van der Waals surface area contributed by atoms with Crippen LogP contribution in [0.1, 0.15) is 5.56 Å². The van der Waals surface area contributed by atoms with Gasteiger partial charge in [-0.25, -0.2) is 4.79 Å². The summed E-state index contributed by atoms with van der Waals surface area (Å²) in [6.45, 7) is 0.138.